The van der Waals surface area contributed by atoms with Gasteiger partial charge in [-0.2, -0.15) is 4.98 Å². The first-order chi connectivity index (χ1) is 5.58. The maximum absolute atomic E-state index is 9.99. The fraction of sp³-hybridized carbons (Fsp3) is 0. The first kappa shape index (κ1) is 8.12. The van der Waals surface area contributed by atoms with Crippen LogP contribution in [0.1, 0.15) is 0 Å². The smallest absolute Gasteiger partial charge is 0.493 e. The third-order valence-corrected chi connectivity index (χ3v) is 0.977. The number of nitrogens with zero attached hydrogens (tertiary/aromatic N) is 1. The van der Waals surface area contributed by atoms with Gasteiger partial charge in [0.2, 0.25) is 11.8 Å². The minimum atomic E-state index is -1.53. The van der Waals surface area contributed by atoms with Gasteiger partial charge in [0.25, 0.3) is 0 Å². The Morgan fingerprint density at radius 2 is 1.83 bits per heavy atom. The van der Waals surface area contributed by atoms with E-state index in [1.807, 2.05) is 0 Å². The van der Waals surface area contributed by atoms with E-state index in [-0.39, 0.29) is 5.75 Å². The summed E-state index contributed by atoms with van der Waals surface area (Å²) in [6.45, 7) is 0. The number of hydrogen-bond acceptors (Lipinski definition) is 5. The molecule has 0 unspecified atom stereocenters. The predicted octanol–water partition coefficient (Wildman–Crippen LogP) is 0.550. The minimum absolute atomic E-state index is 0.187. The van der Waals surface area contributed by atoms with Crippen LogP contribution >= 0.6 is 0 Å². The molecule has 6 heteroatoms. The first-order valence-corrected chi connectivity index (χ1v) is 2.89. The summed E-state index contributed by atoms with van der Waals surface area (Å²) < 4.78 is 4.13. The van der Waals surface area contributed by atoms with Crippen molar-refractivity contribution in [2.45, 2.75) is 0 Å². The third-order valence-electron chi connectivity index (χ3n) is 0.977. The fourth-order valence-electron chi connectivity index (χ4n) is 0.638. The van der Waals surface area contributed by atoms with E-state index >= 15 is 0 Å². The highest BCUT2D eigenvalue weighted by Crippen LogP contribution is 2.21. The Morgan fingerprint density at radius 3 is 2.25 bits per heavy atom. The average molecular weight is 171 g/mol. The van der Waals surface area contributed by atoms with Crippen LogP contribution < -0.4 is 4.74 Å². The maximum atomic E-state index is 9.99. The van der Waals surface area contributed by atoms with Crippen LogP contribution in [0.3, 0.4) is 0 Å². The molecule has 1 aromatic rings. The van der Waals surface area contributed by atoms with Crippen LogP contribution in [0, 0.1) is 0 Å². The summed E-state index contributed by atoms with van der Waals surface area (Å²) in [5, 5.41) is 25.7. The van der Waals surface area contributed by atoms with Gasteiger partial charge in [-0.3, -0.25) is 0 Å². The zero-order valence-corrected chi connectivity index (χ0v) is 5.76. The van der Waals surface area contributed by atoms with Crippen LogP contribution in [0.5, 0.6) is 17.5 Å². The van der Waals surface area contributed by atoms with Crippen molar-refractivity contribution in [3.63, 3.8) is 0 Å². The van der Waals surface area contributed by atoms with E-state index in [9.17, 15) is 4.79 Å². The lowest BCUT2D eigenvalue weighted by molar-refractivity contribution is 0.144. The normalized spacial score (nSPS) is 9.33. The molecule has 1 aromatic heterocycles. The molecule has 3 N–H and O–H groups in total. The molecule has 0 aromatic carbocycles. The topological polar surface area (TPSA) is 99.9 Å². The lowest BCUT2D eigenvalue weighted by Crippen LogP contribution is -2.02. The highest BCUT2D eigenvalue weighted by molar-refractivity contribution is 5.61. The van der Waals surface area contributed by atoms with Gasteiger partial charge in [0, 0.05) is 12.1 Å². The number of carboxylic acid groups (broad SMARTS) is 1. The number of rotatable bonds is 1. The van der Waals surface area contributed by atoms with Crippen molar-refractivity contribution in [2.24, 2.45) is 0 Å². The molecule has 12 heavy (non-hydrogen) atoms. The molecule has 0 aliphatic carbocycles. The van der Waals surface area contributed by atoms with Crippen LogP contribution in [0.2, 0.25) is 0 Å². The molecule has 0 fully saturated rings. The molecular formula is C6H5NO5. The summed E-state index contributed by atoms with van der Waals surface area (Å²) >= 11 is 0. The van der Waals surface area contributed by atoms with Crippen LogP contribution in [0.25, 0.3) is 0 Å². The van der Waals surface area contributed by atoms with Gasteiger partial charge in [-0.25, -0.2) is 4.79 Å². The summed E-state index contributed by atoms with van der Waals surface area (Å²) in [6, 6.07) is 1.93. The Labute approximate surface area is 66.7 Å². The third kappa shape index (κ3) is 2.01. The van der Waals surface area contributed by atoms with Crippen LogP contribution in [0.15, 0.2) is 12.1 Å². The largest absolute Gasteiger partial charge is 0.511 e. The van der Waals surface area contributed by atoms with Crippen LogP contribution in [-0.2, 0) is 0 Å². The van der Waals surface area contributed by atoms with E-state index in [2.05, 4.69) is 9.72 Å². The van der Waals surface area contributed by atoms with Gasteiger partial charge in [0.15, 0.2) is 0 Å². The Kier molecular flexibility index (Phi) is 2.00. The highest BCUT2D eigenvalue weighted by Gasteiger charge is 2.04. The number of pyridine rings is 1. The van der Waals surface area contributed by atoms with Crippen molar-refractivity contribution >= 4 is 6.16 Å². The molecule has 0 spiro atoms. The number of hydrogen-bond donors (Lipinski definition) is 3. The van der Waals surface area contributed by atoms with Crippen LogP contribution in [0.4, 0.5) is 4.79 Å². The second kappa shape index (κ2) is 2.95. The molecule has 0 aliphatic heterocycles. The molecular weight excluding hydrogens is 166 g/mol. The number of aromatic nitrogens is 1. The maximum Gasteiger partial charge on any atom is 0.511 e. The molecule has 6 nitrogen and oxygen atoms in total. The standard InChI is InChI=1S/C6H5NO5/c8-4-1-3(12-6(10)11)2-5(9)7-4/h1-2H,(H,10,11)(H2,7,8,9). The zero-order chi connectivity index (χ0) is 9.14. The molecule has 0 aliphatic rings. The SMILES string of the molecule is O=C(O)Oc1cc(O)nc(O)c1. The van der Waals surface area contributed by atoms with Gasteiger partial charge in [0.05, 0.1) is 0 Å². The lowest BCUT2D eigenvalue weighted by Gasteiger charge is -1.99. The van der Waals surface area contributed by atoms with Gasteiger partial charge in [0.1, 0.15) is 5.75 Å². The summed E-state index contributed by atoms with van der Waals surface area (Å²) in [5.74, 6) is -1.20. The van der Waals surface area contributed by atoms with Crippen molar-refractivity contribution in [3.8, 4) is 17.5 Å². The second-order valence-corrected chi connectivity index (χ2v) is 1.89. The van der Waals surface area contributed by atoms with Gasteiger partial charge >= 0.3 is 6.16 Å². The highest BCUT2D eigenvalue weighted by atomic mass is 16.7. The van der Waals surface area contributed by atoms with E-state index < -0.39 is 17.9 Å². The number of aromatic hydroxyl groups is 2. The van der Waals surface area contributed by atoms with Crippen molar-refractivity contribution in [2.75, 3.05) is 0 Å². The summed E-state index contributed by atoms with van der Waals surface area (Å²) in [5.41, 5.74) is 0. The molecule has 0 saturated heterocycles. The van der Waals surface area contributed by atoms with E-state index in [4.69, 9.17) is 15.3 Å². The second-order valence-electron chi connectivity index (χ2n) is 1.89. The Balaban J connectivity index is 2.93. The summed E-state index contributed by atoms with van der Waals surface area (Å²) in [7, 11) is 0. The van der Waals surface area contributed by atoms with Crippen molar-refractivity contribution in [3.05, 3.63) is 12.1 Å². The van der Waals surface area contributed by atoms with Gasteiger partial charge in [-0.1, -0.05) is 0 Å². The Morgan fingerprint density at radius 1 is 1.33 bits per heavy atom. The molecule has 0 bridgehead atoms. The number of ether oxygens (including phenoxy) is 1. The molecule has 0 amide bonds. The van der Waals surface area contributed by atoms with Gasteiger partial charge < -0.3 is 20.1 Å². The van der Waals surface area contributed by atoms with Gasteiger partial charge in [-0.05, 0) is 0 Å². The summed E-state index contributed by atoms with van der Waals surface area (Å²) in [4.78, 5) is 13.2. The minimum Gasteiger partial charge on any atom is -0.493 e. The van der Waals surface area contributed by atoms with E-state index in [1.165, 1.54) is 0 Å². The van der Waals surface area contributed by atoms with E-state index in [1.54, 1.807) is 0 Å². The van der Waals surface area contributed by atoms with Crippen LogP contribution in [-0.4, -0.2) is 26.5 Å². The van der Waals surface area contributed by atoms with E-state index in [0.717, 1.165) is 12.1 Å². The quantitative estimate of drug-likeness (QED) is 0.533. The van der Waals surface area contributed by atoms with Gasteiger partial charge in [-0.15, -0.1) is 0 Å². The molecule has 64 valence electrons. The number of carbonyl (C=O) groups is 1. The van der Waals surface area contributed by atoms with E-state index in [0.29, 0.717) is 0 Å². The van der Waals surface area contributed by atoms with Crippen molar-refractivity contribution < 1.29 is 24.9 Å². The average Bonchev–Trinajstić information content (AvgIpc) is 1.81. The molecule has 1 heterocycles. The molecule has 0 radical (unpaired) electrons. The Hall–Kier alpha value is -1.98. The predicted molar refractivity (Wildman–Crippen MR) is 36.2 cm³/mol. The molecule has 1 rings (SSSR count). The fourth-order valence-corrected chi connectivity index (χ4v) is 0.638. The lowest BCUT2D eigenvalue weighted by atomic mass is 10.4. The summed E-state index contributed by atoms with van der Waals surface area (Å²) in [6.07, 6.45) is -1.53. The van der Waals surface area contributed by atoms with Crippen molar-refractivity contribution in [1.29, 1.82) is 0 Å². The Bertz CT molecular complexity index is 291. The zero-order valence-electron chi connectivity index (χ0n) is 5.76. The monoisotopic (exact) mass is 171 g/mol. The van der Waals surface area contributed by atoms with Crippen molar-refractivity contribution in [1.82, 2.24) is 4.98 Å². The first-order valence-electron chi connectivity index (χ1n) is 2.89. The molecule has 0 atom stereocenters. The molecule has 0 saturated carbocycles.